The van der Waals surface area contributed by atoms with E-state index < -0.39 is 0 Å². The first kappa shape index (κ1) is 22.9. The van der Waals surface area contributed by atoms with Crippen molar-refractivity contribution in [2.45, 2.75) is 0 Å². The van der Waals surface area contributed by atoms with Gasteiger partial charge in [0, 0.05) is 27.4 Å². The van der Waals surface area contributed by atoms with Crippen molar-refractivity contribution in [1.82, 2.24) is 4.98 Å². The first-order chi connectivity index (χ1) is 20.8. The number of benzene rings is 6. The summed E-state index contributed by atoms with van der Waals surface area (Å²) in [5.74, 6) is 0.589. The molecule has 0 radical (unpaired) electrons. The summed E-state index contributed by atoms with van der Waals surface area (Å²) in [7, 11) is 0. The normalized spacial score (nSPS) is 11.8. The molecular formula is C37H22N2O3. The fourth-order valence-corrected chi connectivity index (χ4v) is 6.03. The smallest absolute Gasteiger partial charge is 0.227 e. The van der Waals surface area contributed by atoms with Gasteiger partial charge in [0.1, 0.15) is 16.7 Å². The van der Waals surface area contributed by atoms with E-state index in [1.54, 1.807) is 0 Å². The molecule has 6 aromatic carbocycles. The number of oxazole rings is 1. The van der Waals surface area contributed by atoms with Crippen LogP contribution < -0.4 is 4.90 Å². The molecule has 0 amide bonds. The van der Waals surface area contributed by atoms with Crippen molar-refractivity contribution < 1.29 is 13.3 Å². The minimum atomic E-state index is 0.589. The molecule has 0 N–H and O–H groups in total. The Morgan fingerprint density at radius 2 is 1.10 bits per heavy atom. The molecule has 0 fully saturated rings. The summed E-state index contributed by atoms with van der Waals surface area (Å²) < 4.78 is 19.5. The molecule has 198 valence electrons. The Labute approximate surface area is 239 Å². The van der Waals surface area contributed by atoms with Crippen LogP contribution in [0.25, 0.3) is 66.4 Å². The molecule has 0 unspecified atom stereocenters. The van der Waals surface area contributed by atoms with Crippen LogP contribution in [0.15, 0.2) is 147 Å². The average molecular weight is 543 g/mol. The monoisotopic (exact) mass is 542 g/mol. The van der Waals surface area contributed by atoms with Gasteiger partial charge in [-0.05, 0) is 54.6 Å². The summed E-state index contributed by atoms with van der Waals surface area (Å²) in [5, 5.41) is 4.03. The van der Waals surface area contributed by atoms with Crippen LogP contribution in [0.4, 0.5) is 17.1 Å². The first-order valence-electron chi connectivity index (χ1n) is 13.9. The zero-order valence-corrected chi connectivity index (χ0v) is 22.3. The van der Waals surface area contributed by atoms with E-state index in [1.165, 1.54) is 0 Å². The summed E-state index contributed by atoms with van der Waals surface area (Å²) in [4.78, 5) is 7.01. The lowest BCUT2D eigenvalue weighted by molar-refractivity contribution is 0.622. The molecule has 3 heterocycles. The molecule has 9 rings (SSSR count). The predicted molar refractivity (Wildman–Crippen MR) is 169 cm³/mol. The number of hydrogen-bond donors (Lipinski definition) is 0. The van der Waals surface area contributed by atoms with Gasteiger partial charge in [-0.2, -0.15) is 0 Å². The summed E-state index contributed by atoms with van der Waals surface area (Å²) >= 11 is 0. The van der Waals surface area contributed by atoms with Crippen LogP contribution in [0.3, 0.4) is 0 Å². The second kappa shape index (κ2) is 8.85. The number of fused-ring (bicyclic) bond motifs is 8. The lowest BCUT2D eigenvalue weighted by Crippen LogP contribution is -2.10. The lowest BCUT2D eigenvalue weighted by Gasteiger charge is -2.25. The second-order valence-corrected chi connectivity index (χ2v) is 10.4. The highest BCUT2D eigenvalue weighted by molar-refractivity contribution is 6.19. The van der Waals surface area contributed by atoms with Gasteiger partial charge in [-0.15, -0.1) is 0 Å². The van der Waals surface area contributed by atoms with Gasteiger partial charge in [0.25, 0.3) is 0 Å². The van der Waals surface area contributed by atoms with Gasteiger partial charge >= 0.3 is 0 Å². The first-order valence-corrected chi connectivity index (χ1v) is 13.9. The molecule has 0 spiro atoms. The third-order valence-corrected chi connectivity index (χ3v) is 7.90. The van der Waals surface area contributed by atoms with Crippen LogP contribution in [0.1, 0.15) is 0 Å². The van der Waals surface area contributed by atoms with Crippen molar-refractivity contribution in [3.63, 3.8) is 0 Å². The molecule has 0 bridgehead atoms. The van der Waals surface area contributed by atoms with Crippen molar-refractivity contribution in [1.29, 1.82) is 0 Å². The molecule has 0 aliphatic rings. The predicted octanol–water partition coefficient (Wildman–Crippen LogP) is 10.8. The highest BCUT2D eigenvalue weighted by Crippen LogP contribution is 2.46. The number of furan rings is 2. The van der Waals surface area contributed by atoms with Crippen LogP contribution in [-0.2, 0) is 0 Å². The minimum absolute atomic E-state index is 0.589. The molecule has 0 saturated carbocycles. The van der Waals surface area contributed by atoms with E-state index in [0.717, 1.165) is 72.0 Å². The number of hydrogen-bond acceptors (Lipinski definition) is 5. The highest BCUT2D eigenvalue weighted by Gasteiger charge is 2.24. The van der Waals surface area contributed by atoms with Crippen LogP contribution in [-0.4, -0.2) is 4.98 Å². The minimum Gasteiger partial charge on any atom is -0.454 e. The maximum Gasteiger partial charge on any atom is 0.227 e. The average Bonchev–Trinajstić information content (AvgIpc) is 3.76. The van der Waals surface area contributed by atoms with E-state index >= 15 is 0 Å². The Balaban J connectivity index is 1.33. The van der Waals surface area contributed by atoms with E-state index in [-0.39, 0.29) is 0 Å². The van der Waals surface area contributed by atoms with Crippen LogP contribution in [0.2, 0.25) is 0 Å². The molecule has 0 saturated heterocycles. The Hall–Kier alpha value is -5.81. The van der Waals surface area contributed by atoms with Crippen molar-refractivity contribution >= 4 is 72.0 Å². The van der Waals surface area contributed by atoms with Crippen LogP contribution in [0.5, 0.6) is 0 Å². The fraction of sp³-hybridized carbons (Fsp3) is 0. The molecule has 5 nitrogen and oxygen atoms in total. The highest BCUT2D eigenvalue weighted by atomic mass is 16.4. The summed E-state index contributed by atoms with van der Waals surface area (Å²) in [6.45, 7) is 0. The molecular weight excluding hydrogens is 520 g/mol. The molecule has 0 aliphatic carbocycles. The van der Waals surface area contributed by atoms with E-state index in [0.29, 0.717) is 11.5 Å². The molecule has 0 atom stereocenters. The molecule has 42 heavy (non-hydrogen) atoms. The Bertz CT molecular complexity index is 2420. The van der Waals surface area contributed by atoms with E-state index in [4.69, 9.17) is 18.2 Å². The van der Waals surface area contributed by atoms with Gasteiger partial charge < -0.3 is 18.2 Å². The van der Waals surface area contributed by atoms with Crippen molar-refractivity contribution in [3.05, 3.63) is 133 Å². The summed E-state index contributed by atoms with van der Waals surface area (Å²) in [5.41, 5.74) is 8.45. The quantitative estimate of drug-likeness (QED) is 0.221. The van der Waals surface area contributed by atoms with Crippen molar-refractivity contribution in [2.75, 3.05) is 4.90 Å². The van der Waals surface area contributed by atoms with Crippen molar-refractivity contribution in [3.8, 4) is 11.5 Å². The molecule has 0 aliphatic heterocycles. The Morgan fingerprint density at radius 3 is 1.90 bits per heavy atom. The van der Waals surface area contributed by atoms with Crippen molar-refractivity contribution in [2.24, 2.45) is 0 Å². The summed E-state index contributed by atoms with van der Waals surface area (Å²) in [6, 6.07) is 44.9. The largest absolute Gasteiger partial charge is 0.454 e. The van der Waals surface area contributed by atoms with Gasteiger partial charge in [0.15, 0.2) is 16.7 Å². The SMILES string of the molecule is c1ccc(-c2nc3ccc4oc5c(N(c6ccccc6)c6cccc7c6oc6ccccc67)cccc5c4c3o2)cc1. The van der Waals surface area contributed by atoms with Gasteiger partial charge in [-0.25, -0.2) is 4.98 Å². The van der Waals surface area contributed by atoms with E-state index in [1.807, 2.05) is 78.9 Å². The lowest BCUT2D eigenvalue weighted by atomic mass is 10.1. The standard InChI is InChI=1S/C37H22N2O3/c1-3-11-23(12-4-1)37-38-28-21-22-32-33(36(28)42-37)27-17-10-19-30(35(27)41-32)39(24-13-5-2-6-14-24)29-18-9-16-26-25-15-7-8-20-31(25)40-34(26)29/h1-22H. The maximum absolute atomic E-state index is 6.64. The topological polar surface area (TPSA) is 55.6 Å². The number of nitrogens with zero attached hydrogens (tertiary/aromatic N) is 2. The van der Waals surface area contributed by atoms with Gasteiger partial charge in [0.05, 0.1) is 16.8 Å². The third kappa shape index (κ3) is 3.34. The Morgan fingerprint density at radius 1 is 0.452 bits per heavy atom. The van der Waals surface area contributed by atoms with Gasteiger partial charge in [-0.3, -0.25) is 0 Å². The summed E-state index contributed by atoms with van der Waals surface area (Å²) in [6.07, 6.45) is 0. The second-order valence-electron chi connectivity index (χ2n) is 10.4. The van der Waals surface area contributed by atoms with Gasteiger partial charge in [-0.1, -0.05) is 78.9 Å². The number of aromatic nitrogens is 1. The number of rotatable bonds is 4. The molecule has 5 heteroatoms. The Kier molecular flexibility index (Phi) is 4.83. The molecule has 3 aromatic heterocycles. The maximum atomic E-state index is 6.64. The zero-order chi connectivity index (χ0) is 27.6. The van der Waals surface area contributed by atoms with E-state index in [2.05, 4.69) is 59.5 Å². The van der Waals surface area contributed by atoms with Crippen LogP contribution >= 0.6 is 0 Å². The fourth-order valence-electron chi connectivity index (χ4n) is 6.03. The van der Waals surface area contributed by atoms with Gasteiger partial charge in [0.2, 0.25) is 5.89 Å². The molecule has 9 aromatic rings. The third-order valence-electron chi connectivity index (χ3n) is 7.90. The zero-order valence-electron chi connectivity index (χ0n) is 22.3. The number of para-hydroxylation sites is 4. The number of anilines is 3. The van der Waals surface area contributed by atoms with E-state index in [9.17, 15) is 0 Å². The van der Waals surface area contributed by atoms with Crippen LogP contribution in [0, 0.1) is 0 Å².